The second-order valence-corrected chi connectivity index (χ2v) is 6.37. The zero-order chi connectivity index (χ0) is 15.9. The Morgan fingerprint density at radius 1 is 1.05 bits per heavy atom. The van der Waals surface area contributed by atoms with Crippen LogP contribution >= 0.6 is 15.9 Å². The van der Waals surface area contributed by atoms with E-state index in [4.69, 9.17) is 4.42 Å². The SMILES string of the molecule is Cc1cc2oc(C(=O)Nc3ccc(Br)cc3)c(C)c2cc1C. The van der Waals surface area contributed by atoms with Gasteiger partial charge in [0.15, 0.2) is 5.76 Å². The van der Waals surface area contributed by atoms with E-state index in [1.54, 1.807) is 0 Å². The molecule has 0 aliphatic carbocycles. The van der Waals surface area contributed by atoms with Gasteiger partial charge in [0.05, 0.1) is 0 Å². The summed E-state index contributed by atoms with van der Waals surface area (Å²) in [4.78, 5) is 12.4. The molecule has 0 aliphatic heterocycles. The Morgan fingerprint density at radius 3 is 2.36 bits per heavy atom. The number of rotatable bonds is 2. The summed E-state index contributed by atoms with van der Waals surface area (Å²) in [6.07, 6.45) is 0. The minimum Gasteiger partial charge on any atom is -0.451 e. The van der Waals surface area contributed by atoms with Gasteiger partial charge in [-0.05, 0) is 68.3 Å². The van der Waals surface area contributed by atoms with Crippen LogP contribution in [0.3, 0.4) is 0 Å². The molecular formula is C18H16BrNO2. The molecule has 112 valence electrons. The van der Waals surface area contributed by atoms with Gasteiger partial charge in [0, 0.05) is 21.1 Å². The van der Waals surface area contributed by atoms with Gasteiger partial charge in [-0.15, -0.1) is 0 Å². The number of nitrogens with one attached hydrogen (secondary N) is 1. The van der Waals surface area contributed by atoms with E-state index < -0.39 is 0 Å². The summed E-state index contributed by atoms with van der Waals surface area (Å²) in [6.45, 7) is 6.01. The molecule has 0 atom stereocenters. The molecule has 0 spiro atoms. The maximum Gasteiger partial charge on any atom is 0.291 e. The average molecular weight is 358 g/mol. The first kappa shape index (κ1) is 14.9. The van der Waals surface area contributed by atoms with Crippen LogP contribution in [0.1, 0.15) is 27.2 Å². The summed E-state index contributed by atoms with van der Waals surface area (Å²) in [6, 6.07) is 11.5. The third-order valence-electron chi connectivity index (χ3n) is 3.86. The summed E-state index contributed by atoms with van der Waals surface area (Å²) in [5, 5.41) is 3.85. The fraction of sp³-hybridized carbons (Fsp3) is 0.167. The minimum atomic E-state index is -0.230. The van der Waals surface area contributed by atoms with Crippen LogP contribution < -0.4 is 5.32 Å². The number of hydrogen-bond donors (Lipinski definition) is 1. The first-order valence-electron chi connectivity index (χ1n) is 7.03. The zero-order valence-corrected chi connectivity index (χ0v) is 14.2. The van der Waals surface area contributed by atoms with E-state index in [0.717, 1.165) is 32.3 Å². The molecule has 0 bridgehead atoms. The zero-order valence-electron chi connectivity index (χ0n) is 12.7. The van der Waals surface area contributed by atoms with E-state index in [2.05, 4.69) is 34.2 Å². The van der Waals surface area contributed by atoms with E-state index in [1.165, 1.54) is 5.56 Å². The molecule has 4 heteroatoms. The molecule has 0 saturated heterocycles. The van der Waals surface area contributed by atoms with Crippen LogP contribution in [-0.2, 0) is 0 Å². The van der Waals surface area contributed by atoms with Crippen LogP contribution in [0.5, 0.6) is 0 Å². The van der Waals surface area contributed by atoms with E-state index in [1.807, 2.05) is 44.2 Å². The van der Waals surface area contributed by atoms with Crippen molar-refractivity contribution in [3.8, 4) is 0 Å². The standard InChI is InChI=1S/C18H16BrNO2/c1-10-8-15-12(3)17(22-16(15)9-11(10)2)18(21)20-14-6-4-13(19)5-7-14/h4-9H,1-3H3,(H,20,21). The van der Waals surface area contributed by atoms with Crippen molar-refractivity contribution in [3.05, 3.63) is 63.3 Å². The van der Waals surface area contributed by atoms with Crippen molar-refractivity contribution in [3.63, 3.8) is 0 Å². The van der Waals surface area contributed by atoms with Crippen LogP contribution in [0.4, 0.5) is 5.69 Å². The molecule has 1 aromatic heterocycles. The van der Waals surface area contributed by atoms with Crippen molar-refractivity contribution in [2.24, 2.45) is 0 Å². The maximum absolute atomic E-state index is 12.4. The number of aryl methyl sites for hydroxylation is 3. The van der Waals surface area contributed by atoms with Crippen molar-refractivity contribution in [1.29, 1.82) is 0 Å². The molecule has 22 heavy (non-hydrogen) atoms. The third kappa shape index (κ3) is 2.66. The molecule has 2 aromatic carbocycles. The molecule has 0 fully saturated rings. The molecule has 1 heterocycles. The number of amides is 1. The first-order valence-corrected chi connectivity index (χ1v) is 7.82. The second-order valence-electron chi connectivity index (χ2n) is 5.45. The van der Waals surface area contributed by atoms with Crippen LogP contribution in [0.25, 0.3) is 11.0 Å². The fourth-order valence-corrected chi connectivity index (χ4v) is 2.68. The summed E-state index contributed by atoms with van der Waals surface area (Å²) in [5.74, 6) is 0.134. The lowest BCUT2D eigenvalue weighted by atomic mass is 10.1. The van der Waals surface area contributed by atoms with Gasteiger partial charge in [-0.3, -0.25) is 4.79 Å². The van der Waals surface area contributed by atoms with Gasteiger partial charge < -0.3 is 9.73 Å². The van der Waals surface area contributed by atoms with E-state index in [9.17, 15) is 4.79 Å². The predicted octanol–water partition coefficient (Wildman–Crippen LogP) is 5.37. The Kier molecular flexibility index (Phi) is 3.79. The average Bonchev–Trinajstić information content (AvgIpc) is 2.79. The van der Waals surface area contributed by atoms with Crippen LogP contribution in [0, 0.1) is 20.8 Å². The van der Waals surface area contributed by atoms with Crippen LogP contribution in [0.2, 0.25) is 0 Å². The third-order valence-corrected chi connectivity index (χ3v) is 4.39. The number of carbonyl (C=O) groups excluding carboxylic acids is 1. The Bertz CT molecular complexity index is 863. The monoisotopic (exact) mass is 357 g/mol. The lowest BCUT2D eigenvalue weighted by Gasteiger charge is -2.03. The van der Waals surface area contributed by atoms with E-state index in [-0.39, 0.29) is 5.91 Å². The Labute approximate surface area is 137 Å². The molecular weight excluding hydrogens is 342 g/mol. The number of furan rings is 1. The maximum atomic E-state index is 12.4. The predicted molar refractivity (Wildman–Crippen MR) is 92.5 cm³/mol. The van der Waals surface area contributed by atoms with Crippen LogP contribution in [0.15, 0.2) is 45.3 Å². The van der Waals surface area contributed by atoms with Crippen molar-refractivity contribution < 1.29 is 9.21 Å². The largest absolute Gasteiger partial charge is 0.451 e. The van der Waals surface area contributed by atoms with Crippen LogP contribution in [-0.4, -0.2) is 5.91 Å². The first-order chi connectivity index (χ1) is 10.5. The fourth-order valence-electron chi connectivity index (χ4n) is 2.41. The van der Waals surface area contributed by atoms with Crippen molar-refractivity contribution in [1.82, 2.24) is 0 Å². The topological polar surface area (TPSA) is 42.2 Å². The lowest BCUT2D eigenvalue weighted by molar-refractivity contribution is 0.0998. The van der Waals surface area contributed by atoms with Gasteiger partial charge in [0.25, 0.3) is 5.91 Å². The molecule has 3 rings (SSSR count). The number of halogens is 1. The molecule has 0 aliphatic rings. The summed E-state index contributed by atoms with van der Waals surface area (Å²) < 4.78 is 6.74. The highest BCUT2D eigenvalue weighted by Crippen LogP contribution is 2.28. The normalized spacial score (nSPS) is 10.9. The van der Waals surface area contributed by atoms with Gasteiger partial charge in [-0.25, -0.2) is 0 Å². The highest BCUT2D eigenvalue weighted by atomic mass is 79.9. The minimum absolute atomic E-state index is 0.230. The second kappa shape index (κ2) is 5.61. The molecule has 3 nitrogen and oxygen atoms in total. The summed E-state index contributed by atoms with van der Waals surface area (Å²) in [7, 11) is 0. The highest BCUT2D eigenvalue weighted by Gasteiger charge is 2.18. The molecule has 0 saturated carbocycles. The molecule has 0 unspecified atom stereocenters. The molecule has 1 amide bonds. The number of carbonyl (C=O) groups is 1. The Balaban J connectivity index is 1.97. The summed E-state index contributed by atoms with van der Waals surface area (Å²) in [5.41, 5.74) is 4.70. The smallest absolute Gasteiger partial charge is 0.291 e. The van der Waals surface area contributed by atoms with E-state index in [0.29, 0.717) is 5.76 Å². The van der Waals surface area contributed by atoms with Crippen molar-refractivity contribution in [2.45, 2.75) is 20.8 Å². The highest BCUT2D eigenvalue weighted by molar-refractivity contribution is 9.10. The number of hydrogen-bond acceptors (Lipinski definition) is 2. The lowest BCUT2D eigenvalue weighted by Crippen LogP contribution is -2.11. The van der Waals surface area contributed by atoms with Gasteiger partial charge in [-0.1, -0.05) is 15.9 Å². The van der Waals surface area contributed by atoms with Gasteiger partial charge in [0.1, 0.15) is 5.58 Å². The van der Waals surface area contributed by atoms with Gasteiger partial charge in [-0.2, -0.15) is 0 Å². The quantitative estimate of drug-likeness (QED) is 0.669. The molecule has 0 radical (unpaired) electrons. The van der Waals surface area contributed by atoms with Crippen molar-refractivity contribution in [2.75, 3.05) is 5.32 Å². The van der Waals surface area contributed by atoms with Gasteiger partial charge >= 0.3 is 0 Å². The Morgan fingerprint density at radius 2 is 1.68 bits per heavy atom. The Hall–Kier alpha value is -2.07. The van der Waals surface area contributed by atoms with Gasteiger partial charge in [0.2, 0.25) is 0 Å². The molecule has 3 aromatic rings. The number of fused-ring (bicyclic) bond motifs is 1. The molecule has 1 N–H and O–H groups in total. The number of anilines is 1. The number of benzene rings is 2. The summed E-state index contributed by atoms with van der Waals surface area (Å²) >= 11 is 3.37. The van der Waals surface area contributed by atoms with E-state index >= 15 is 0 Å². The van der Waals surface area contributed by atoms with Crippen molar-refractivity contribution >= 4 is 38.5 Å².